The van der Waals surface area contributed by atoms with Crippen LogP contribution in [0.3, 0.4) is 0 Å². The second kappa shape index (κ2) is 21.4. The van der Waals surface area contributed by atoms with Crippen molar-refractivity contribution < 1.29 is 81.3 Å². The third-order valence-electron chi connectivity index (χ3n) is 16.0. The zero-order valence-corrected chi connectivity index (χ0v) is 46.1. The number of hydrogen-bond acceptors (Lipinski definition) is 17. The molecular weight excluding hydrogens is 1020 g/mol. The van der Waals surface area contributed by atoms with E-state index < -0.39 is 139 Å². The molecule has 8 rings (SSSR count). The van der Waals surface area contributed by atoms with Gasteiger partial charge in [0, 0.05) is 45.7 Å². The van der Waals surface area contributed by atoms with Crippen LogP contribution in [0.1, 0.15) is 88.1 Å². The predicted molar refractivity (Wildman–Crippen MR) is 274 cm³/mol. The Morgan fingerprint density at radius 1 is 0.842 bits per heavy atom. The number of nitrogens with zero attached hydrogens (tertiary/aromatic N) is 1. The van der Waals surface area contributed by atoms with Gasteiger partial charge >= 0.3 is 35.9 Å². The van der Waals surface area contributed by atoms with Crippen LogP contribution in [0.25, 0.3) is 0 Å². The second-order valence-electron chi connectivity index (χ2n) is 22.1. The van der Waals surface area contributed by atoms with Gasteiger partial charge in [-0.1, -0.05) is 94.2 Å². The molecule has 2 saturated heterocycles. The number of halogens is 1. The maximum Gasteiger partial charge on any atom is 0.412 e. The van der Waals surface area contributed by atoms with Gasteiger partial charge in [-0.3, -0.25) is 24.1 Å². The molecule has 2 saturated carbocycles. The number of hydrogen-bond donors (Lipinski definition) is 1. The highest BCUT2D eigenvalue weighted by Gasteiger charge is 2.79. The molecule has 3 aromatic rings. The Labute approximate surface area is 447 Å². The largest absolute Gasteiger partial charge is 0.497 e. The minimum absolute atomic E-state index is 0.00807. The van der Waals surface area contributed by atoms with Crippen LogP contribution in [0.5, 0.6) is 5.75 Å². The third-order valence-corrected chi connectivity index (χ3v) is 17.9. The van der Waals surface area contributed by atoms with E-state index in [1.807, 2.05) is 0 Å². The van der Waals surface area contributed by atoms with E-state index in [-0.39, 0.29) is 36.3 Å². The normalized spacial score (nSPS) is 31.4. The first kappa shape index (κ1) is 56.1. The first-order valence-electron chi connectivity index (χ1n) is 25.3. The van der Waals surface area contributed by atoms with E-state index in [0.29, 0.717) is 22.9 Å². The number of aliphatic hydroxyl groups is 1. The number of ether oxygens (including phenoxy) is 9. The van der Waals surface area contributed by atoms with Crippen LogP contribution in [0.15, 0.2) is 96.1 Å². The van der Waals surface area contributed by atoms with Gasteiger partial charge in [0.2, 0.25) is 0 Å². The Hall–Kier alpha value is -6.12. The maximum absolute atomic E-state index is 16.2. The van der Waals surface area contributed by atoms with Crippen LogP contribution in [-0.2, 0) is 61.9 Å². The summed E-state index contributed by atoms with van der Waals surface area (Å²) in [5.41, 5.74) is -6.97. The first-order valence-corrected chi connectivity index (χ1v) is 29.5. The summed E-state index contributed by atoms with van der Waals surface area (Å²) in [6.45, 7) is 14.6. The fourth-order valence-corrected chi connectivity index (χ4v) is 12.8. The molecule has 12 atom stereocenters. The highest BCUT2D eigenvalue weighted by atomic mass is 35.5. The van der Waals surface area contributed by atoms with Crippen LogP contribution >= 0.6 is 11.6 Å². The molecule has 5 aliphatic rings. The van der Waals surface area contributed by atoms with E-state index in [1.54, 1.807) is 93.6 Å². The number of carbonyl (C=O) groups excluding carboxylic acids is 7. The molecule has 3 aromatic carbocycles. The molecule has 1 amide bonds. The maximum atomic E-state index is 16.2. The van der Waals surface area contributed by atoms with Crippen molar-refractivity contribution in [2.24, 2.45) is 16.7 Å². The summed E-state index contributed by atoms with van der Waals surface area (Å²) in [5, 5.41) is 14.2. The highest BCUT2D eigenvalue weighted by Crippen LogP contribution is 2.65. The molecule has 408 valence electrons. The SMILES string of the molecule is COc1ccc(C2OC(C(=O)O[C@H]3C[C@@]4(O)[C@@H](OC(=O)c5ccccc5)C5[C@](C)(C(=O)C(OC(C)=O)C(=C3C)C4(C)C)[C@@H](OC(=O)CCl)C[C@H]3OC[C@@]53OC(C)=O)C(c3ccccc3)N2C(=O)OCC[Si](C)(C)C)cc1. The van der Waals surface area contributed by atoms with E-state index in [0.717, 1.165) is 13.8 Å². The van der Waals surface area contributed by atoms with Crippen LogP contribution < -0.4 is 4.74 Å². The Morgan fingerprint density at radius 2 is 1.49 bits per heavy atom. The first-order chi connectivity index (χ1) is 35.8. The van der Waals surface area contributed by atoms with Gasteiger partial charge in [-0.2, -0.15) is 0 Å². The molecular formula is C56H66ClNO17Si. The molecule has 4 fully saturated rings. The van der Waals surface area contributed by atoms with E-state index in [1.165, 1.54) is 31.1 Å². The van der Waals surface area contributed by atoms with Crippen molar-refractivity contribution in [2.75, 3.05) is 26.2 Å². The zero-order valence-electron chi connectivity index (χ0n) is 44.3. The molecule has 76 heavy (non-hydrogen) atoms. The average Bonchev–Trinajstić information content (AvgIpc) is 3.86. The quantitative estimate of drug-likeness (QED) is 0.0538. The third kappa shape index (κ3) is 10.0. The number of Topliss-reactive ketones (excluding diaryl/α,β-unsaturated/α-hetero) is 1. The number of rotatable bonds is 14. The van der Waals surface area contributed by atoms with Gasteiger partial charge in [-0.15, -0.1) is 11.6 Å². The summed E-state index contributed by atoms with van der Waals surface area (Å²) in [6, 6.07) is 22.9. The van der Waals surface area contributed by atoms with Crippen molar-refractivity contribution in [3.63, 3.8) is 0 Å². The summed E-state index contributed by atoms with van der Waals surface area (Å²) in [4.78, 5) is 102. The summed E-state index contributed by atoms with van der Waals surface area (Å²) in [7, 11) is -0.179. The number of esters is 5. The van der Waals surface area contributed by atoms with Gasteiger partial charge in [-0.25, -0.2) is 14.4 Å². The zero-order chi connectivity index (χ0) is 55.3. The molecule has 2 aliphatic heterocycles. The molecule has 0 radical (unpaired) electrons. The van der Waals surface area contributed by atoms with Crippen molar-refractivity contribution in [3.05, 3.63) is 113 Å². The Bertz CT molecular complexity index is 2770. The van der Waals surface area contributed by atoms with Crippen molar-refractivity contribution >= 4 is 61.4 Å². The lowest BCUT2D eigenvalue weighted by atomic mass is 9.44. The lowest BCUT2D eigenvalue weighted by Gasteiger charge is -2.67. The van der Waals surface area contributed by atoms with Gasteiger partial charge in [0.15, 0.2) is 29.8 Å². The number of ketones is 1. The molecule has 0 aromatic heterocycles. The predicted octanol–water partition coefficient (Wildman–Crippen LogP) is 7.62. The smallest absolute Gasteiger partial charge is 0.412 e. The molecule has 20 heteroatoms. The fraction of sp³-hybridized carbons (Fsp3) is 0.518. The Balaban J connectivity index is 1.31. The standard InChI is InChI=1S/C56H66ClNO17Si/c1-31-38(71-51(64)45-43(34-17-13-11-14-18-34)58(52(65)68-25-26-76(8,9)10)49(73-45)35-21-23-37(67-7)24-22-35)28-56(66)48(74-50(63)36-19-15-12-16-20-36)46-54(6,47(62)44(70-32(2)59)42(31)53(56,4)5)39(72-41(61)29-57)27-40-55(46,30-69-40)75-33(3)60/h11-24,38-40,43-46,48-49,66H,25-30H2,1-10H3/t38-,39-,40+,43?,44?,45?,46?,48-,49?,54+,55-,56+/m0/s1. The van der Waals surface area contributed by atoms with Crippen molar-refractivity contribution in [1.82, 2.24) is 4.90 Å². The molecule has 3 aliphatic carbocycles. The number of amides is 1. The van der Waals surface area contributed by atoms with Crippen LogP contribution in [0.2, 0.25) is 25.7 Å². The number of alkyl halides is 1. The monoisotopic (exact) mass is 1090 g/mol. The van der Waals surface area contributed by atoms with Crippen molar-refractivity contribution in [1.29, 1.82) is 0 Å². The van der Waals surface area contributed by atoms with Gasteiger partial charge in [0.05, 0.1) is 37.2 Å². The lowest BCUT2D eigenvalue weighted by Crippen LogP contribution is -2.82. The van der Waals surface area contributed by atoms with Gasteiger partial charge in [0.1, 0.15) is 47.7 Å². The Kier molecular flexibility index (Phi) is 15.8. The topological polar surface area (TPSA) is 226 Å². The lowest BCUT2D eigenvalue weighted by molar-refractivity contribution is -0.346. The highest BCUT2D eigenvalue weighted by molar-refractivity contribution is 6.76. The van der Waals surface area contributed by atoms with Gasteiger partial charge in [0.25, 0.3) is 0 Å². The summed E-state index contributed by atoms with van der Waals surface area (Å²) in [6.07, 6.45) is -12.2. The molecule has 0 spiro atoms. The molecule has 2 bridgehead atoms. The average molecular weight is 1090 g/mol. The number of fused-ring (bicyclic) bond motifs is 5. The Morgan fingerprint density at radius 3 is 2.05 bits per heavy atom. The van der Waals surface area contributed by atoms with E-state index in [9.17, 15) is 29.1 Å². The van der Waals surface area contributed by atoms with Gasteiger partial charge < -0.3 is 47.7 Å². The summed E-state index contributed by atoms with van der Waals surface area (Å²) >= 11 is 6.01. The second-order valence-corrected chi connectivity index (χ2v) is 28.0. The van der Waals surface area contributed by atoms with E-state index in [2.05, 4.69) is 19.6 Å². The molecule has 18 nitrogen and oxygen atoms in total. The summed E-state index contributed by atoms with van der Waals surface area (Å²) in [5.74, 6) is -7.22. The van der Waals surface area contributed by atoms with E-state index >= 15 is 9.59 Å². The van der Waals surface area contributed by atoms with Crippen LogP contribution in [0, 0.1) is 16.7 Å². The van der Waals surface area contributed by atoms with Crippen molar-refractivity contribution in [3.8, 4) is 5.75 Å². The minimum Gasteiger partial charge on any atom is -0.497 e. The molecule has 2 heterocycles. The van der Waals surface area contributed by atoms with E-state index in [4.69, 9.17) is 54.2 Å². The minimum atomic E-state index is -2.46. The summed E-state index contributed by atoms with van der Waals surface area (Å²) < 4.78 is 55.6. The number of carbonyl (C=O) groups is 7. The molecule has 5 unspecified atom stereocenters. The number of benzene rings is 3. The van der Waals surface area contributed by atoms with Gasteiger partial charge in [-0.05, 0) is 60.9 Å². The van der Waals surface area contributed by atoms with Crippen LogP contribution in [0.4, 0.5) is 4.79 Å². The molecule has 1 N–H and O–H groups in total. The number of methoxy groups -OCH3 is 1. The van der Waals surface area contributed by atoms with Crippen LogP contribution in [-0.4, -0.2) is 134 Å². The van der Waals surface area contributed by atoms with Crippen molar-refractivity contribution in [2.45, 2.75) is 140 Å². The fourth-order valence-electron chi connectivity index (χ4n) is 12.0.